The molecule has 0 aliphatic heterocycles. The second kappa shape index (κ2) is 4.53. The van der Waals surface area contributed by atoms with Gasteiger partial charge in [-0.3, -0.25) is 4.79 Å². The minimum absolute atomic E-state index is 0.529. The molecular weight excluding hydrogens is 216 g/mol. The highest BCUT2D eigenvalue weighted by atomic mass is 35.5. The monoisotopic (exact) mass is 228 g/mol. The smallest absolute Gasteiger partial charge is 0.264 e. The van der Waals surface area contributed by atoms with E-state index in [1.54, 1.807) is 45.2 Å². The highest BCUT2D eigenvalue weighted by molar-refractivity contribution is 6.65. The van der Waals surface area contributed by atoms with Gasteiger partial charge in [-0.15, -0.1) is 0 Å². The highest BCUT2D eigenvalue weighted by Crippen LogP contribution is 2.22. The summed E-state index contributed by atoms with van der Waals surface area (Å²) in [7, 11) is 1.59. The molecule has 0 saturated carbocycles. The molecule has 0 amide bonds. The van der Waals surface area contributed by atoms with Crippen LogP contribution in [0.1, 0.15) is 13.8 Å². The molecule has 15 heavy (non-hydrogen) atoms. The van der Waals surface area contributed by atoms with Gasteiger partial charge < -0.3 is 9.47 Å². The molecular formula is C11H13ClO3. The van der Waals surface area contributed by atoms with Gasteiger partial charge in [0.2, 0.25) is 0 Å². The average molecular weight is 229 g/mol. The summed E-state index contributed by atoms with van der Waals surface area (Å²) < 4.78 is 10.4. The SMILES string of the molecule is COc1ccc(OC(C)(C)C(=O)Cl)cc1. The Bertz CT molecular complexity index is 343. The zero-order chi connectivity index (χ0) is 11.5. The largest absolute Gasteiger partial charge is 0.497 e. The van der Waals surface area contributed by atoms with Crippen molar-refractivity contribution in [1.29, 1.82) is 0 Å². The van der Waals surface area contributed by atoms with Crippen molar-refractivity contribution in [2.24, 2.45) is 0 Å². The molecule has 1 rings (SSSR count). The summed E-state index contributed by atoms with van der Waals surface area (Å²) in [6.07, 6.45) is 0. The Labute approximate surface area is 93.9 Å². The zero-order valence-electron chi connectivity index (χ0n) is 8.91. The van der Waals surface area contributed by atoms with Crippen LogP contribution in [-0.4, -0.2) is 18.0 Å². The van der Waals surface area contributed by atoms with E-state index in [2.05, 4.69) is 0 Å². The van der Waals surface area contributed by atoms with Crippen LogP contribution in [0.2, 0.25) is 0 Å². The van der Waals surface area contributed by atoms with Crippen LogP contribution in [0.4, 0.5) is 0 Å². The lowest BCUT2D eigenvalue weighted by atomic mass is 10.1. The summed E-state index contributed by atoms with van der Waals surface area (Å²) in [5, 5.41) is -0.529. The molecule has 1 aromatic carbocycles. The highest BCUT2D eigenvalue weighted by Gasteiger charge is 2.27. The Morgan fingerprint density at radius 2 is 1.67 bits per heavy atom. The summed E-state index contributed by atoms with van der Waals surface area (Å²) in [6, 6.07) is 6.95. The number of benzene rings is 1. The maximum atomic E-state index is 11.0. The third-order valence-electron chi connectivity index (χ3n) is 1.91. The molecule has 0 unspecified atom stereocenters. The Kier molecular flexibility index (Phi) is 3.58. The molecule has 0 heterocycles. The normalized spacial score (nSPS) is 10.9. The van der Waals surface area contributed by atoms with E-state index in [1.165, 1.54) is 0 Å². The van der Waals surface area contributed by atoms with E-state index in [9.17, 15) is 4.79 Å². The van der Waals surface area contributed by atoms with E-state index in [0.717, 1.165) is 5.75 Å². The van der Waals surface area contributed by atoms with E-state index in [1.807, 2.05) is 0 Å². The van der Waals surface area contributed by atoms with Gasteiger partial charge >= 0.3 is 0 Å². The summed E-state index contributed by atoms with van der Waals surface area (Å²) in [5.41, 5.74) is -1.02. The fraction of sp³-hybridized carbons (Fsp3) is 0.364. The van der Waals surface area contributed by atoms with Gasteiger partial charge in [0, 0.05) is 0 Å². The number of carbonyl (C=O) groups excluding carboxylic acids is 1. The number of hydrogen-bond acceptors (Lipinski definition) is 3. The van der Waals surface area contributed by atoms with Crippen molar-refractivity contribution < 1.29 is 14.3 Å². The molecule has 0 bridgehead atoms. The van der Waals surface area contributed by atoms with Gasteiger partial charge in [-0.1, -0.05) is 0 Å². The molecule has 0 saturated heterocycles. The Morgan fingerprint density at radius 1 is 1.20 bits per heavy atom. The fourth-order valence-corrected chi connectivity index (χ4v) is 1.02. The molecule has 0 fully saturated rings. The van der Waals surface area contributed by atoms with Crippen LogP contribution in [0.15, 0.2) is 24.3 Å². The van der Waals surface area contributed by atoms with Gasteiger partial charge in [0.1, 0.15) is 11.5 Å². The summed E-state index contributed by atoms with van der Waals surface area (Å²) in [5.74, 6) is 1.31. The third-order valence-corrected chi connectivity index (χ3v) is 2.36. The predicted molar refractivity (Wildman–Crippen MR) is 58.6 cm³/mol. The molecule has 0 N–H and O–H groups in total. The van der Waals surface area contributed by atoms with E-state index in [4.69, 9.17) is 21.1 Å². The fourth-order valence-electron chi connectivity index (χ4n) is 0.979. The molecule has 4 heteroatoms. The van der Waals surface area contributed by atoms with Crippen LogP contribution >= 0.6 is 11.6 Å². The van der Waals surface area contributed by atoms with E-state index >= 15 is 0 Å². The number of rotatable bonds is 4. The van der Waals surface area contributed by atoms with Crippen LogP contribution in [0.5, 0.6) is 11.5 Å². The Morgan fingerprint density at radius 3 is 2.07 bits per heavy atom. The zero-order valence-corrected chi connectivity index (χ0v) is 9.67. The van der Waals surface area contributed by atoms with E-state index in [-0.39, 0.29) is 0 Å². The molecule has 0 aliphatic carbocycles. The number of carbonyl (C=O) groups is 1. The van der Waals surface area contributed by atoms with Crippen molar-refractivity contribution in [2.75, 3.05) is 7.11 Å². The lowest BCUT2D eigenvalue weighted by Gasteiger charge is -2.21. The molecule has 0 aromatic heterocycles. The quantitative estimate of drug-likeness (QED) is 0.744. The topological polar surface area (TPSA) is 35.5 Å². The van der Waals surface area contributed by atoms with Crippen molar-refractivity contribution in [3.05, 3.63) is 24.3 Å². The van der Waals surface area contributed by atoms with Gasteiger partial charge in [-0.2, -0.15) is 0 Å². The van der Waals surface area contributed by atoms with Crippen LogP contribution < -0.4 is 9.47 Å². The van der Waals surface area contributed by atoms with Crippen molar-refractivity contribution in [2.45, 2.75) is 19.4 Å². The molecule has 3 nitrogen and oxygen atoms in total. The molecule has 0 radical (unpaired) electrons. The number of hydrogen-bond donors (Lipinski definition) is 0. The second-order valence-corrected chi connectivity index (χ2v) is 3.90. The van der Waals surface area contributed by atoms with Gasteiger partial charge in [0.05, 0.1) is 7.11 Å². The summed E-state index contributed by atoms with van der Waals surface area (Å²) in [4.78, 5) is 11.0. The van der Waals surface area contributed by atoms with Crippen molar-refractivity contribution in [3.8, 4) is 11.5 Å². The lowest BCUT2D eigenvalue weighted by molar-refractivity contribution is -0.123. The number of ether oxygens (including phenoxy) is 2. The van der Waals surface area contributed by atoms with Gasteiger partial charge in [0.15, 0.2) is 5.60 Å². The maximum absolute atomic E-state index is 11.0. The third kappa shape index (κ3) is 3.13. The summed E-state index contributed by atoms with van der Waals surface area (Å²) in [6.45, 7) is 3.24. The minimum Gasteiger partial charge on any atom is -0.497 e. The Balaban J connectivity index is 2.77. The van der Waals surface area contributed by atoms with Crippen molar-refractivity contribution in [1.82, 2.24) is 0 Å². The first kappa shape index (κ1) is 11.9. The molecule has 1 aromatic rings. The van der Waals surface area contributed by atoms with Crippen LogP contribution in [-0.2, 0) is 4.79 Å². The van der Waals surface area contributed by atoms with Crippen LogP contribution in [0, 0.1) is 0 Å². The first-order chi connectivity index (χ1) is 6.95. The van der Waals surface area contributed by atoms with E-state index in [0.29, 0.717) is 5.75 Å². The standard InChI is InChI=1S/C11H13ClO3/c1-11(2,10(12)13)15-9-6-4-8(14-3)5-7-9/h4-7H,1-3H3. The Hall–Kier alpha value is -1.22. The van der Waals surface area contributed by atoms with Gasteiger partial charge in [-0.05, 0) is 49.7 Å². The first-order valence-corrected chi connectivity index (χ1v) is 4.86. The second-order valence-electron chi connectivity index (χ2n) is 3.56. The molecule has 0 spiro atoms. The molecule has 0 atom stereocenters. The summed E-state index contributed by atoms with van der Waals surface area (Å²) >= 11 is 5.39. The number of methoxy groups -OCH3 is 1. The molecule has 0 aliphatic rings. The van der Waals surface area contributed by atoms with Crippen LogP contribution in [0.25, 0.3) is 0 Å². The maximum Gasteiger partial charge on any atom is 0.264 e. The number of halogens is 1. The van der Waals surface area contributed by atoms with Gasteiger partial charge in [-0.25, -0.2) is 0 Å². The molecule has 82 valence electrons. The predicted octanol–water partition coefficient (Wildman–Crippen LogP) is 2.62. The lowest BCUT2D eigenvalue weighted by Crippen LogP contribution is -2.34. The van der Waals surface area contributed by atoms with Crippen LogP contribution in [0.3, 0.4) is 0 Å². The average Bonchev–Trinajstić information content (AvgIpc) is 2.18. The minimum atomic E-state index is -1.02. The van der Waals surface area contributed by atoms with E-state index < -0.39 is 10.8 Å². The van der Waals surface area contributed by atoms with Crippen molar-refractivity contribution in [3.63, 3.8) is 0 Å². The first-order valence-electron chi connectivity index (χ1n) is 4.49. The van der Waals surface area contributed by atoms with Crippen molar-refractivity contribution >= 4 is 16.8 Å². The van der Waals surface area contributed by atoms with Gasteiger partial charge in [0.25, 0.3) is 5.24 Å².